The largest absolute Gasteiger partial charge is 0.469 e. The van der Waals surface area contributed by atoms with Crippen LogP contribution < -0.4 is 0 Å². The van der Waals surface area contributed by atoms with Crippen LogP contribution in [-0.2, 0) is 28.6 Å². The van der Waals surface area contributed by atoms with E-state index in [1.54, 1.807) is 18.2 Å². The second-order valence-electron chi connectivity index (χ2n) is 7.87. The number of sulfonamides is 1. The van der Waals surface area contributed by atoms with Gasteiger partial charge in [-0.3, -0.25) is 4.52 Å². The summed E-state index contributed by atoms with van der Waals surface area (Å²) in [5.41, 5.74) is -0.913. The molecule has 34 heavy (non-hydrogen) atoms. The third-order valence-corrected chi connectivity index (χ3v) is 7.87. The lowest BCUT2D eigenvalue weighted by atomic mass is 9.90. The second kappa shape index (κ2) is 10.1. The van der Waals surface area contributed by atoms with E-state index in [4.69, 9.17) is 14.5 Å². The number of alkyl halides is 3. The van der Waals surface area contributed by atoms with Gasteiger partial charge in [0.15, 0.2) is 0 Å². The van der Waals surface area contributed by atoms with E-state index in [0.717, 1.165) is 4.90 Å². The van der Waals surface area contributed by atoms with Gasteiger partial charge in [0.2, 0.25) is 16.1 Å². The van der Waals surface area contributed by atoms with Crippen molar-refractivity contribution in [2.45, 2.75) is 35.6 Å². The fraction of sp³-hybridized carbons (Fsp3) is 0.611. The number of amides is 1. The van der Waals surface area contributed by atoms with Crippen molar-refractivity contribution in [3.05, 3.63) is 30.3 Å². The molecule has 192 valence electrons. The lowest BCUT2D eigenvalue weighted by Gasteiger charge is -2.46. The van der Waals surface area contributed by atoms with Gasteiger partial charge < -0.3 is 24.2 Å². The number of hydrogen-bond acceptors (Lipinski definition) is 7. The van der Waals surface area contributed by atoms with Crippen LogP contribution in [0.25, 0.3) is 0 Å². The van der Waals surface area contributed by atoms with Crippen molar-refractivity contribution in [3.8, 4) is 0 Å². The summed E-state index contributed by atoms with van der Waals surface area (Å²) in [6.07, 6.45) is -9.02. The topological polar surface area (TPSA) is 143 Å². The average Bonchev–Trinajstić information content (AvgIpc) is 2.76. The number of rotatable bonds is 6. The molecule has 2 aliphatic rings. The van der Waals surface area contributed by atoms with Crippen LogP contribution >= 0.6 is 7.82 Å². The molecule has 1 aromatic carbocycles. The number of piperidine rings is 1. The van der Waals surface area contributed by atoms with Crippen LogP contribution in [0.1, 0.15) is 12.8 Å². The molecule has 11 nitrogen and oxygen atoms in total. The SMILES string of the molecule is O=C(O[C@H](COP(=O)(O)O)C(F)(F)F)N1CCC2(CC1)CN(S(=O)(=O)c1ccccc1)CCO2. The van der Waals surface area contributed by atoms with E-state index < -0.39 is 48.4 Å². The fourth-order valence-corrected chi connectivity index (χ4v) is 5.56. The molecule has 1 atom stereocenters. The molecule has 0 saturated carbocycles. The number of carbonyl (C=O) groups excluding carboxylic acids is 1. The normalized spacial score (nSPS) is 20.8. The summed E-state index contributed by atoms with van der Waals surface area (Å²) < 4.78 is 91.2. The number of likely N-dealkylation sites (tertiary alicyclic amines) is 1. The van der Waals surface area contributed by atoms with E-state index in [0.29, 0.717) is 0 Å². The van der Waals surface area contributed by atoms with Crippen molar-refractivity contribution in [2.75, 3.05) is 39.4 Å². The number of nitrogens with zero attached hydrogens (tertiary/aromatic N) is 2. The van der Waals surface area contributed by atoms with Crippen molar-refractivity contribution in [2.24, 2.45) is 0 Å². The molecule has 2 fully saturated rings. The Bertz CT molecular complexity index is 1010. The monoisotopic (exact) mass is 532 g/mol. The van der Waals surface area contributed by atoms with Gasteiger partial charge in [-0.05, 0) is 25.0 Å². The lowest BCUT2D eigenvalue weighted by molar-refractivity contribution is -0.214. The molecule has 2 N–H and O–H groups in total. The Morgan fingerprint density at radius 3 is 2.35 bits per heavy atom. The Morgan fingerprint density at radius 2 is 1.79 bits per heavy atom. The van der Waals surface area contributed by atoms with Gasteiger partial charge in [0.05, 0.1) is 17.1 Å². The predicted molar refractivity (Wildman–Crippen MR) is 109 cm³/mol. The molecule has 3 rings (SSSR count). The third-order valence-electron chi connectivity index (χ3n) is 5.53. The highest BCUT2D eigenvalue weighted by Crippen LogP contribution is 2.38. The minimum atomic E-state index is -5.20. The standard InChI is InChI=1S/C18H24F3N2O9PS/c19-18(20,21)15(12-31-33(25,26)27)32-16(24)22-8-6-17(7-9-22)13-23(10-11-30-17)34(28,29)14-4-2-1-3-5-14/h1-5,15H,6-13H2,(H2,25,26,27)/t15-/m1/s1. The molecule has 2 saturated heterocycles. The summed E-state index contributed by atoms with van der Waals surface area (Å²) in [6.45, 7) is -1.42. The van der Waals surface area contributed by atoms with Gasteiger partial charge in [-0.2, -0.15) is 17.5 Å². The maximum absolute atomic E-state index is 13.1. The van der Waals surface area contributed by atoms with Gasteiger partial charge in [-0.1, -0.05) is 18.2 Å². The first-order valence-electron chi connectivity index (χ1n) is 10.1. The minimum absolute atomic E-state index is 0.0222. The Labute approximate surface area is 193 Å². The van der Waals surface area contributed by atoms with Crippen molar-refractivity contribution in [1.82, 2.24) is 9.21 Å². The van der Waals surface area contributed by atoms with E-state index in [9.17, 15) is 30.9 Å². The van der Waals surface area contributed by atoms with E-state index in [1.165, 1.54) is 16.4 Å². The van der Waals surface area contributed by atoms with E-state index in [2.05, 4.69) is 9.26 Å². The highest BCUT2D eigenvalue weighted by molar-refractivity contribution is 7.89. The first-order valence-corrected chi connectivity index (χ1v) is 13.1. The second-order valence-corrected chi connectivity index (χ2v) is 11.0. The lowest BCUT2D eigenvalue weighted by Crippen LogP contribution is -2.58. The number of ether oxygens (including phenoxy) is 2. The first kappa shape index (κ1) is 26.9. The summed E-state index contributed by atoms with van der Waals surface area (Å²) in [4.78, 5) is 30.6. The number of hydrogen-bond donors (Lipinski definition) is 2. The maximum Gasteiger partial charge on any atom is 0.469 e. The summed E-state index contributed by atoms with van der Waals surface area (Å²) in [7, 11) is -8.98. The molecule has 0 unspecified atom stereocenters. The Kier molecular flexibility index (Phi) is 7.97. The van der Waals surface area contributed by atoms with Crippen LogP contribution in [0, 0.1) is 0 Å². The highest BCUT2D eigenvalue weighted by Gasteiger charge is 2.47. The highest BCUT2D eigenvalue weighted by atomic mass is 32.2. The molecule has 0 aliphatic carbocycles. The number of phosphoric ester groups is 1. The molecule has 2 heterocycles. The number of morpholine rings is 1. The number of phosphoric acid groups is 1. The van der Waals surface area contributed by atoms with Crippen LogP contribution in [0.5, 0.6) is 0 Å². The number of carbonyl (C=O) groups is 1. The fourth-order valence-electron chi connectivity index (χ4n) is 3.71. The smallest absolute Gasteiger partial charge is 0.434 e. The molecule has 16 heteroatoms. The molecule has 0 radical (unpaired) electrons. The molecule has 1 aromatic rings. The van der Waals surface area contributed by atoms with E-state index in [-0.39, 0.29) is 50.5 Å². The van der Waals surface area contributed by atoms with E-state index in [1.807, 2.05) is 0 Å². The zero-order valence-electron chi connectivity index (χ0n) is 17.8. The third kappa shape index (κ3) is 6.68. The summed E-state index contributed by atoms with van der Waals surface area (Å²) in [5, 5.41) is 0. The zero-order chi connectivity index (χ0) is 25.2. The Morgan fingerprint density at radius 1 is 1.18 bits per heavy atom. The van der Waals surface area contributed by atoms with Crippen LogP contribution in [0.15, 0.2) is 35.2 Å². The van der Waals surface area contributed by atoms with Gasteiger partial charge in [-0.25, -0.2) is 17.8 Å². The van der Waals surface area contributed by atoms with Gasteiger partial charge in [0.1, 0.15) is 6.61 Å². The van der Waals surface area contributed by atoms with Gasteiger partial charge in [-0.15, -0.1) is 0 Å². The molecule has 0 aromatic heterocycles. The first-order chi connectivity index (χ1) is 15.7. The number of benzene rings is 1. The summed E-state index contributed by atoms with van der Waals surface area (Å²) in [6, 6.07) is 7.85. The average molecular weight is 532 g/mol. The van der Waals surface area contributed by atoms with Crippen molar-refractivity contribution < 1.29 is 54.7 Å². The van der Waals surface area contributed by atoms with Crippen LogP contribution in [0.2, 0.25) is 0 Å². The van der Waals surface area contributed by atoms with Crippen molar-refractivity contribution >= 4 is 23.9 Å². The molecular formula is C18H24F3N2O9PS. The Hall–Kier alpha value is -1.74. The summed E-state index contributed by atoms with van der Waals surface area (Å²) in [5.74, 6) is 0. The molecule has 2 aliphatic heterocycles. The van der Waals surface area contributed by atoms with Crippen LogP contribution in [0.3, 0.4) is 0 Å². The van der Waals surface area contributed by atoms with Gasteiger partial charge in [0, 0.05) is 26.2 Å². The van der Waals surface area contributed by atoms with Crippen LogP contribution in [0.4, 0.5) is 18.0 Å². The Balaban J connectivity index is 1.61. The summed E-state index contributed by atoms with van der Waals surface area (Å²) >= 11 is 0. The predicted octanol–water partition coefficient (Wildman–Crippen LogP) is 1.72. The maximum atomic E-state index is 13.1. The minimum Gasteiger partial charge on any atom is -0.434 e. The zero-order valence-corrected chi connectivity index (χ0v) is 19.5. The quantitative estimate of drug-likeness (QED) is 0.524. The van der Waals surface area contributed by atoms with Gasteiger partial charge >= 0.3 is 20.1 Å². The van der Waals surface area contributed by atoms with Crippen molar-refractivity contribution in [1.29, 1.82) is 0 Å². The molecule has 1 amide bonds. The molecular weight excluding hydrogens is 508 g/mol. The van der Waals surface area contributed by atoms with E-state index >= 15 is 0 Å². The number of halogens is 3. The van der Waals surface area contributed by atoms with Crippen molar-refractivity contribution in [3.63, 3.8) is 0 Å². The van der Waals surface area contributed by atoms with Gasteiger partial charge in [0.25, 0.3) is 0 Å². The molecule has 0 bridgehead atoms. The molecule has 1 spiro atoms. The van der Waals surface area contributed by atoms with Crippen LogP contribution in [-0.4, -0.2) is 90.8 Å².